The van der Waals surface area contributed by atoms with Gasteiger partial charge in [0.2, 0.25) is 0 Å². The number of nitrogens with zero attached hydrogens (tertiary/aromatic N) is 1. The van der Waals surface area contributed by atoms with Crippen molar-refractivity contribution >= 4 is 5.91 Å². The molecule has 1 aliphatic heterocycles. The second-order valence-corrected chi connectivity index (χ2v) is 7.83. The summed E-state index contributed by atoms with van der Waals surface area (Å²) in [6.45, 7) is 0.729. The van der Waals surface area contributed by atoms with Crippen molar-refractivity contribution in [2.45, 2.75) is 50.3 Å². The number of ether oxygens (including phenoxy) is 1. The van der Waals surface area contributed by atoms with Gasteiger partial charge in [0.15, 0.2) is 0 Å². The van der Waals surface area contributed by atoms with Crippen LogP contribution in [0, 0.1) is 5.92 Å². The number of fused-ring (bicyclic) bond motifs is 1. The van der Waals surface area contributed by atoms with E-state index in [1.54, 1.807) is 0 Å². The topological polar surface area (TPSA) is 63.5 Å². The zero-order valence-electron chi connectivity index (χ0n) is 14.7. The van der Waals surface area contributed by atoms with Crippen molar-refractivity contribution in [3.8, 4) is 5.75 Å². The lowest BCUT2D eigenvalue weighted by Gasteiger charge is -2.38. The van der Waals surface area contributed by atoms with E-state index in [2.05, 4.69) is 22.0 Å². The molecule has 0 radical (unpaired) electrons. The van der Waals surface area contributed by atoms with Gasteiger partial charge in [-0.3, -0.25) is 4.79 Å². The summed E-state index contributed by atoms with van der Waals surface area (Å²) in [6.07, 6.45) is 6.45. The zero-order valence-corrected chi connectivity index (χ0v) is 14.7. The molecule has 1 aromatic heterocycles. The summed E-state index contributed by atoms with van der Waals surface area (Å²) in [5, 5.41) is 13.0. The van der Waals surface area contributed by atoms with Gasteiger partial charge in [-0.2, -0.15) is 0 Å². The molecule has 2 saturated carbocycles. The first-order valence-corrected chi connectivity index (χ1v) is 9.60. The Bertz CT molecular complexity index is 834. The molecule has 2 heterocycles. The third kappa shape index (κ3) is 2.80. The minimum Gasteiger partial charge on any atom is -0.493 e. The molecule has 1 atom stereocenters. The summed E-state index contributed by atoms with van der Waals surface area (Å²) >= 11 is 0. The van der Waals surface area contributed by atoms with Gasteiger partial charge in [0.1, 0.15) is 11.4 Å². The van der Waals surface area contributed by atoms with Gasteiger partial charge in [0.05, 0.1) is 18.8 Å². The molecule has 2 aromatic rings. The van der Waals surface area contributed by atoms with Crippen LogP contribution in [-0.4, -0.2) is 28.3 Å². The predicted octanol–water partition coefficient (Wildman–Crippen LogP) is 3.00. The summed E-state index contributed by atoms with van der Waals surface area (Å²) in [5.74, 6) is 1.21. The average Bonchev–Trinajstić information content (AvgIpc) is 3.16. The fourth-order valence-corrected chi connectivity index (χ4v) is 4.25. The highest BCUT2D eigenvalue weighted by Gasteiger charge is 2.37. The monoisotopic (exact) mass is 352 g/mol. The summed E-state index contributed by atoms with van der Waals surface area (Å²) in [5.41, 5.74) is 3.06. The van der Waals surface area contributed by atoms with E-state index in [0.717, 1.165) is 55.7 Å². The lowest BCUT2D eigenvalue weighted by atomic mass is 9.74. The third-order valence-electron chi connectivity index (χ3n) is 5.93. The van der Waals surface area contributed by atoms with Gasteiger partial charge < -0.3 is 19.7 Å². The summed E-state index contributed by atoms with van der Waals surface area (Å²) in [6, 6.07) is 10.5. The van der Waals surface area contributed by atoms with E-state index >= 15 is 0 Å². The quantitative estimate of drug-likeness (QED) is 0.869. The normalized spacial score (nSPS) is 25.1. The van der Waals surface area contributed by atoms with Crippen LogP contribution in [0.5, 0.6) is 5.75 Å². The predicted molar refractivity (Wildman–Crippen MR) is 97.3 cm³/mol. The van der Waals surface area contributed by atoms with Gasteiger partial charge >= 0.3 is 0 Å². The number of carbonyl (C=O) groups is 1. The summed E-state index contributed by atoms with van der Waals surface area (Å²) < 4.78 is 7.71. The molecule has 3 aliphatic rings. The molecule has 1 amide bonds. The maximum Gasteiger partial charge on any atom is 0.268 e. The molecular weight excluding hydrogens is 328 g/mol. The lowest BCUT2D eigenvalue weighted by molar-refractivity contribution is 0.0234. The fourth-order valence-electron chi connectivity index (χ4n) is 4.25. The SMILES string of the molecule is O=C(N[C@H](c1ccc2c(c1)CCO2)C1CC(O)C1)c1cccn1C1CC1. The average molecular weight is 352 g/mol. The number of aliphatic hydroxyl groups excluding tert-OH is 1. The van der Waals surface area contributed by atoms with Crippen LogP contribution in [0.2, 0.25) is 0 Å². The largest absolute Gasteiger partial charge is 0.493 e. The van der Waals surface area contributed by atoms with Gasteiger partial charge in [-0.15, -0.1) is 0 Å². The van der Waals surface area contributed by atoms with E-state index < -0.39 is 0 Å². The fraction of sp³-hybridized carbons (Fsp3) is 0.476. The molecule has 136 valence electrons. The zero-order chi connectivity index (χ0) is 17.7. The van der Waals surface area contributed by atoms with Crippen molar-refractivity contribution in [2.24, 2.45) is 5.92 Å². The first-order valence-electron chi connectivity index (χ1n) is 9.60. The van der Waals surface area contributed by atoms with Crippen LogP contribution in [0.4, 0.5) is 0 Å². The minimum absolute atomic E-state index is 0.0231. The summed E-state index contributed by atoms with van der Waals surface area (Å²) in [4.78, 5) is 13.0. The van der Waals surface area contributed by atoms with Crippen molar-refractivity contribution in [3.05, 3.63) is 53.3 Å². The van der Waals surface area contributed by atoms with Crippen LogP contribution in [0.3, 0.4) is 0 Å². The standard InChI is InChI=1S/C21H24N2O3/c24-17-11-15(12-17)20(14-3-6-19-13(10-14)7-9-26-19)22-21(25)18-2-1-8-23(18)16-4-5-16/h1-3,6,8,10,15-17,20,24H,4-5,7,9,11-12H2,(H,22,25)/t15?,17?,20-/m1/s1. The van der Waals surface area contributed by atoms with E-state index in [4.69, 9.17) is 4.74 Å². The second-order valence-electron chi connectivity index (χ2n) is 7.83. The number of benzene rings is 1. The van der Waals surface area contributed by atoms with E-state index in [9.17, 15) is 9.90 Å². The Morgan fingerprint density at radius 2 is 2.12 bits per heavy atom. The molecule has 0 bridgehead atoms. The molecule has 0 unspecified atom stereocenters. The Morgan fingerprint density at radius 3 is 2.88 bits per heavy atom. The Balaban J connectivity index is 1.41. The molecule has 2 aliphatic carbocycles. The van der Waals surface area contributed by atoms with Crippen molar-refractivity contribution in [1.82, 2.24) is 9.88 Å². The molecule has 1 aromatic carbocycles. The first kappa shape index (κ1) is 15.9. The van der Waals surface area contributed by atoms with Crippen LogP contribution in [0.1, 0.15) is 59.4 Å². The van der Waals surface area contributed by atoms with Gasteiger partial charge in [0.25, 0.3) is 5.91 Å². The van der Waals surface area contributed by atoms with Crippen molar-refractivity contribution in [3.63, 3.8) is 0 Å². The van der Waals surface area contributed by atoms with E-state index in [0.29, 0.717) is 6.04 Å². The Labute approximate surface area is 153 Å². The molecule has 5 heteroatoms. The van der Waals surface area contributed by atoms with Crippen LogP contribution in [0.25, 0.3) is 0 Å². The van der Waals surface area contributed by atoms with Gasteiger partial charge in [-0.25, -0.2) is 0 Å². The molecular formula is C21H24N2O3. The molecule has 5 nitrogen and oxygen atoms in total. The number of rotatable bonds is 5. The van der Waals surface area contributed by atoms with Crippen LogP contribution in [-0.2, 0) is 6.42 Å². The molecule has 0 spiro atoms. The van der Waals surface area contributed by atoms with Gasteiger partial charge in [-0.05, 0) is 67.0 Å². The molecule has 26 heavy (non-hydrogen) atoms. The van der Waals surface area contributed by atoms with Crippen LogP contribution >= 0.6 is 0 Å². The van der Waals surface area contributed by atoms with E-state index in [-0.39, 0.29) is 24.0 Å². The molecule has 2 N–H and O–H groups in total. The number of amides is 1. The maximum absolute atomic E-state index is 13.0. The van der Waals surface area contributed by atoms with Crippen LogP contribution < -0.4 is 10.1 Å². The number of nitrogens with one attached hydrogen (secondary N) is 1. The number of aromatic nitrogens is 1. The molecule has 5 rings (SSSR count). The number of hydrogen-bond donors (Lipinski definition) is 2. The highest BCUT2D eigenvalue weighted by atomic mass is 16.5. The molecule has 0 saturated heterocycles. The number of carbonyl (C=O) groups excluding carboxylic acids is 1. The number of hydrogen-bond acceptors (Lipinski definition) is 3. The smallest absolute Gasteiger partial charge is 0.268 e. The minimum atomic E-state index is -0.243. The van der Waals surface area contributed by atoms with Crippen LogP contribution in [0.15, 0.2) is 36.5 Å². The highest BCUT2D eigenvalue weighted by Crippen LogP contribution is 2.40. The van der Waals surface area contributed by atoms with E-state index in [1.165, 1.54) is 5.56 Å². The maximum atomic E-state index is 13.0. The van der Waals surface area contributed by atoms with Gasteiger partial charge in [-0.1, -0.05) is 6.07 Å². The van der Waals surface area contributed by atoms with Crippen molar-refractivity contribution < 1.29 is 14.6 Å². The van der Waals surface area contributed by atoms with Gasteiger partial charge in [0, 0.05) is 18.7 Å². The van der Waals surface area contributed by atoms with Crippen molar-refractivity contribution in [2.75, 3.05) is 6.61 Å². The second kappa shape index (κ2) is 6.16. The Hall–Kier alpha value is -2.27. The Morgan fingerprint density at radius 1 is 1.27 bits per heavy atom. The van der Waals surface area contributed by atoms with E-state index in [1.807, 2.05) is 24.4 Å². The highest BCUT2D eigenvalue weighted by molar-refractivity contribution is 5.93. The summed E-state index contributed by atoms with van der Waals surface area (Å²) in [7, 11) is 0. The first-order chi connectivity index (χ1) is 12.7. The Kier molecular flexibility index (Phi) is 3.78. The molecule has 2 fully saturated rings. The van der Waals surface area contributed by atoms with Crippen molar-refractivity contribution in [1.29, 1.82) is 0 Å². The lowest BCUT2D eigenvalue weighted by Crippen LogP contribution is -2.41. The number of aliphatic hydroxyl groups is 1. The third-order valence-corrected chi connectivity index (χ3v) is 5.93.